The van der Waals surface area contributed by atoms with E-state index in [0.29, 0.717) is 17.3 Å². The van der Waals surface area contributed by atoms with Gasteiger partial charge in [0, 0.05) is 16.8 Å². The van der Waals surface area contributed by atoms with Crippen molar-refractivity contribution in [3.05, 3.63) is 53.1 Å². The monoisotopic (exact) mass is 263 g/mol. The molecule has 0 unspecified atom stereocenters. The van der Waals surface area contributed by atoms with Crippen molar-refractivity contribution in [3.63, 3.8) is 0 Å². The molecule has 18 heavy (non-hydrogen) atoms. The molecule has 94 valence electrons. The second-order valence-corrected chi connectivity index (χ2v) is 4.29. The Hall–Kier alpha value is -1.87. The minimum atomic E-state index is 0.434. The van der Waals surface area contributed by atoms with E-state index in [-0.39, 0.29) is 0 Å². The number of anilines is 1. The van der Waals surface area contributed by atoms with Gasteiger partial charge in [0.05, 0.1) is 7.11 Å². The van der Waals surface area contributed by atoms with E-state index in [4.69, 9.17) is 26.8 Å². The summed E-state index contributed by atoms with van der Waals surface area (Å²) in [5, 5.41) is 0.688. The fourth-order valence-electron chi connectivity index (χ4n) is 1.58. The van der Waals surface area contributed by atoms with Gasteiger partial charge in [-0.25, -0.2) is 0 Å². The van der Waals surface area contributed by atoms with Crippen LogP contribution in [0.2, 0.25) is 5.02 Å². The summed E-state index contributed by atoms with van der Waals surface area (Å²) in [5.74, 6) is 1.49. The average Bonchev–Trinajstić information content (AvgIpc) is 2.37. The third-order valence-electron chi connectivity index (χ3n) is 2.44. The molecule has 0 heterocycles. The summed E-state index contributed by atoms with van der Waals surface area (Å²) in [7, 11) is 1.61. The normalized spacial score (nSPS) is 10.1. The van der Waals surface area contributed by atoms with E-state index in [9.17, 15) is 0 Å². The molecule has 0 spiro atoms. The summed E-state index contributed by atoms with van der Waals surface area (Å²) in [5.41, 5.74) is 7.39. The number of benzene rings is 2. The molecular weight excluding hydrogens is 250 g/mol. The molecule has 0 saturated heterocycles. The molecule has 0 aromatic heterocycles. The molecule has 0 saturated carbocycles. The van der Waals surface area contributed by atoms with Gasteiger partial charge in [-0.1, -0.05) is 11.6 Å². The van der Waals surface area contributed by atoms with Gasteiger partial charge in [-0.05, 0) is 42.0 Å². The van der Waals surface area contributed by atoms with E-state index in [2.05, 4.69) is 0 Å². The minimum Gasteiger partial charge on any atom is -0.497 e. The Bertz CT molecular complexity index is 526. The Morgan fingerprint density at radius 1 is 1.06 bits per heavy atom. The Labute approximate surface area is 111 Å². The molecule has 2 aromatic carbocycles. The van der Waals surface area contributed by atoms with Crippen LogP contribution in [0.4, 0.5) is 5.69 Å². The number of hydrogen-bond donors (Lipinski definition) is 1. The summed E-state index contributed by atoms with van der Waals surface area (Å²) < 4.78 is 10.8. The Kier molecular flexibility index (Phi) is 3.95. The predicted octanol–water partition coefficient (Wildman–Crippen LogP) is 3.51. The van der Waals surface area contributed by atoms with Crippen LogP contribution in [-0.2, 0) is 6.61 Å². The van der Waals surface area contributed by atoms with Gasteiger partial charge >= 0.3 is 0 Å². The first-order valence-electron chi connectivity index (χ1n) is 5.49. The maximum Gasteiger partial charge on any atom is 0.121 e. The molecule has 2 aromatic rings. The van der Waals surface area contributed by atoms with E-state index in [1.54, 1.807) is 25.3 Å². The van der Waals surface area contributed by atoms with Crippen molar-refractivity contribution in [3.8, 4) is 11.5 Å². The second kappa shape index (κ2) is 5.65. The third-order valence-corrected chi connectivity index (χ3v) is 2.70. The number of ether oxygens (including phenoxy) is 2. The van der Waals surface area contributed by atoms with Crippen LogP contribution < -0.4 is 15.2 Å². The van der Waals surface area contributed by atoms with Gasteiger partial charge in [0.2, 0.25) is 0 Å². The Balaban J connectivity index is 2.05. The van der Waals surface area contributed by atoms with Crippen molar-refractivity contribution in [1.82, 2.24) is 0 Å². The van der Waals surface area contributed by atoms with Crippen LogP contribution in [-0.4, -0.2) is 7.11 Å². The van der Waals surface area contributed by atoms with E-state index in [0.717, 1.165) is 17.1 Å². The number of halogens is 1. The Morgan fingerprint density at radius 3 is 2.44 bits per heavy atom. The highest BCUT2D eigenvalue weighted by Gasteiger charge is 2.01. The first-order valence-corrected chi connectivity index (χ1v) is 5.87. The van der Waals surface area contributed by atoms with Gasteiger partial charge < -0.3 is 15.2 Å². The van der Waals surface area contributed by atoms with E-state index in [1.165, 1.54) is 0 Å². The van der Waals surface area contributed by atoms with Crippen LogP contribution in [0.15, 0.2) is 42.5 Å². The SMILES string of the molecule is COc1cc(N)cc(COc2ccc(Cl)cc2)c1. The third kappa shape index (κ3) is 3.31. The first-order chi connectivity index (χ1) is 8.67. The molecular formula is C14H14ClNO2. The molecule has 0 aliphatic heterocycles. The topological polar surface area (TPSA) is 44.5 Å². The highest BCUT2D eigenvalue weighted by molar-refractivity contribution is 6.30. The number of methoxy groups -OCH3 is 1. The lowest BCUT2D eigenvalue weighted by Crippen LogP contribution is -1.98. The van der Waals surface area contributed by atoms with Crippen LogP contribution in [0.3, 0.4) is 0 Å². The van der Waals surface area contributed by atoms with Gasteiger partial charge in [0.1, 0.15) is 18.1 Å². The molecule has 3 nitrogen and oxygen atoms in total. The molecule has 0 atom stereocenters. The van der Waals surface area contributed by atoms with Crippen molar-refractivity contribution in [2.45, 2.75) is 6.61 Å². The van der Waals surface area contributed by atoms with Crippen molar-refractivity contribution >= 4 is 17.3 Å². The predicted molar refractivity (Wildman–Crippen MR) is 73.2 cm³/mol. The van der Waals surface area contributed by atoms with E-state index >= 15 is 0 Å². The lowest BCUT2D eigenvalue weighted by atomic mass is 10.2. The van der Waals surface area contributed by atoms with Crippen LogP contribution in [0.1, 0.15) is 5.56 Å². The zero-order valence-corrected chi connectivity index (χ0v) is 10.8. The quantitative estimate of drug-likeness (QED) is 0.859. The molecule has 4 heteroatoms. The molecule has 0 aliphatic carbocycles. The van der Waals surface area contributed by atoms with Crippen LogP contribution in [0.25, 0.3) is 0 Å². The zero-order valence-electron chi connectivity index (χ0n) is 10.0. The molecule has 2 rings (SSSR count). The Morgan fingerprint density at radius 2 is 1.78 bits per heavy atom. The summed E-state index contributed by atoms with van der Waals surface area (Å²) in [6.07, 6.45) is 0. The average molecular weight is 264 g/mol. The van der Waals surface area contributed by atoms with Crippen molar-refractivity contribution in [2.75, 3.05) is 12.8 Å². The highest BCUT2D eigenvalue weighted by Crippen LogP contribution is 2.21. The molecule has 0 aliphatic rings. The number of nitrogens with two attached hydrogens (primary N) is 1. The molecule has 0 fully saturated rings. The van der Waals surface area contributed by atoms with Gasteiger partial charge in [0.15, 0.2) is 0 Å². The fourth-order valence-corrected chi connectivity index (χ4v) is 1.71. The van der Waals surface area contributed by atoms with Crippen LogP contribution in [0, 0.1) is 0 Å². The highest BCUT2D eigenvalue weighted by atomic mass is 35.5. The standard InChI is InChI=1S/C14H14ClNO2/c1-17-14-7-10(6-12(16)8-14)9-18-13-4-2-11(15)3-5-13/h2-8H,9,16H2,1H3. The van der Waals surface area contributed by atoms with Crippen LogP contribution in [0.5, 0.6) is 11.5 Å². The number of nitrogen functional groups attached to an aromatic ring is 1. The van der Waals surface area contributed by atoms with Gasteiger partial charge in [-0.2, -0.15) is 0 Å². The van der Waals surface area contributed by atoms with Gasteiger partial charge in [-0.3, -0.25) is 0 Å². The van der Waals surface area contributed by atoms with Crippen molar-refractivity contribution in [2.24, 2.45) is 0 Å². The first kappa shape index (κ1) is 12.6. The minimum absolute atomic E-state index is 0.434. The maximum absolute atomic E-state index is 5.80. The lowest BCUT2D eigenvalue weighted by molar-refractivity contribution is 0.305. The molecule has 0 radical (unpaired) electrons. The summed E-state index contributed by atoms with van der Waals surface area (Å²) in [4.78, 5) is 0. The summed E-state index contributed by atoms with van der Waals surface area (Å²) in [6.45, 7) is 0.434. The lowest BCUT2D eigenvalue weighted by Gasteiger charge is -2.09. The summed E-state index contributed by atoms with van der Waals surface area (Å²) >= 11 is 5.80. The number of hydrogen-bond acceptors (Lipinski definition) is 3. The van der Waals surface area contributed by atoms with Crippen molar-refractivity contribution in [1.29, 1.82) is 0 Å². The molecule has 0 amide bonds. The molecule has 2 N–H and O–H groups in total. The van der Waals surface area contributed by atoms with E-state index in [1.807, 2.05) is 24.3 Å². The maximum atomic E-state index is 5.80. The second-order valence-electron chi connectivity index (χ2n) is 3.86. The van der Waals surface area contributed by atoms with Gasteiger partial charge in [0.25, 0.3) is 0 Å². The summed E-state index contributed by atoms with van der Waals surface area (Å²) in [6, 6.07) is 12.8. The number of rotatable bonds is 4. The van der Waals surface area contributed by atoms with Gasteiger partial charge in [-0.15, -0.1) is 0 Å². The largest absolute Gasteiger partial charge is 0.497 e. The van der Waals surface area contributed by atoms with E-state index < -0.39 is 0 Å². The van der Waals surface area contributed by atoms with Crippen molar-refractivity contribution < 1.29 is 9.47 Å². The van der Waals surface area contributed by atoms with Crippen LogP contribution >= 0.6 is 11.6 Å². The zero-order chi connectivity index (χ0) is 13.0. The fraction of sp³-hybridized carbons (Fsp3) is 0.143. The smallest absolute Gasteiger partial charge is 0.121 e. The molecule has 0 bridgehead atoms.